The Labute approximate surface area is 117 Å². The number of rotatable bonds is 7. The predicted molar refractivity (Wildman–Crippen MR) is 72.1 cm³/mol. The molecule has 104 valence electrons. The maximum Gasteiger partial charge on any atom is 0.320 e. The first-order chi connectivity index (χ1) is 9.04. The molecule has 0 amide bonds. The highest BCUT2D eigenvalue weighted by Crippen LogP contribution is 2.16. The Hall–Kier alpha value is -1.55. The molecule has 0 saturated carbocycles. The molecule has 1 aromatic rings. The van der Waals surface area contributed by atoms with Crippen molar-refractivity contribution in [3.05, 3.63) is 34.9 Å². The van der Waals surface area contributed by atoms with Gasteiger partial charge in [-0.1, -0.05) is 23.7 Å². The van der Waals surface area contributed by atoms with Crippen molar-refractivity contribution in [1.82, 2.24) is 0 Å². The lowest BCUT2D eigenvalue weighted by Gasteiger charge is -2.11. The van der Waals surface area contributed by atoms with Crippen molar-refractivity contribution in [2.45, 2.75) is 26.2 Å². The number of ether oxygens (including phenoxy) is 1. The SMILES string of the molecule is CCOC(=O)[C@H](CCCc1cccc(Cl)c1)C(=O)O. The van der Waals surface area contributed by atoms with Gasteiger partial charge in [-0.3, -0.25) is 9.59 Å². The summed E-state index contributed by atoms with van der Waals surface area (Å²) in [6.07, 6.45) is 1.54. The molecule has 0 fully saturated rings. The molecule has 19 heavy (non-hydrogen) atoms. The summed E-state index contributed by atoms with van der Waals surface area (Å²) < 4.78 is 4.75. The van der Waals surface area contributed by atoms with Gasteiger partial charge < -0.3 is 9.84 Å². The molecule has 0 bridgehead atoms. The molecule has 0 aromatic heterocycles. The number of halogens is 1. The van der Waals surface area contributed by atoms with Crippen LogP contribution in [-0.2, 0) is 20.7 Å². The van der Waals surface area contributed by atoms with Crippen LogP contribution in [0.3, 0.4) is 0 Å². The van der Waals surface area contributed by atoms with Gasteiger partial charge >= 0.3 is 11.9 Å². The number of aliphatic carboxylic acids is 1. The van der Waals surface area contributed by atoms with Crippen molar-refractivity contribution >= 4 is 23.5 Å². The van der Waals surface area contributed by atoms with Gasteiger partial charge in [-0.2, -0.15) is 0 Å². The van der Waals surface area contributed by atoms with Crippen LogP contribution in [0.25, 0.3) is 0 Å². The number of carbonyl (C=O) groups is 2. The van der Waals surface area contributed by atoms with Crippen LogP contribution < -0.4 is 0 Å². The Morgan fingerprint density at radius 1 is 1.42 bits per heavy atom. The maximum atomic E-state index is 11.5. The number of carboxylic acids is 1. The zero-order chi connectivity index (χ0) is 14.3. The molecule has 0 heterocycles. The molecule has 0 spiro atoms. The van der Waals surface area contributed by atoms with Crippen LogP contribution >= 0.6 is 11.6 Å². The van der Waals surface area contributed by atoms with Gasteiger partial charge in [-0.25, -0.2) is 0 Å². The molecule has 0 saturated heterocycles. The number of carboxylic acid groups (broad SMARTS) is 1. The molecule has 0 aliphatic rings. The first kappa shape index (κ1) is 15.5. The van der Waals surface area contributed by atoms with E-state index in [-0.39, 0.29) is 13.0 Å². The highest BCUT2D eigenvalue weighted by atomic mass is 35.5. The third-order valence-electron chi connectivity index (χ3n) is 2.72. The van der Waals surface area contributed by atoms with E-state index in [4.69, 9.17) is 21.4 Å². The van der Waals surface area contributed by atoms with Crippen LogP contribution in [0, 0.1) is 5.92 Å². The number of hydrogen-bond acceptors (Lipinski definition) is 3. The second-order valence-electron chi connectivity index (χ2n) is 4.17. The summed E-state index contributed by atoms with van der Waals surface area (Å²) in [4.78, 5) is 22.4. The second kappa shape index (κ2) is 7.79. The summed E-state index contributed by atoms with van der Waals surface area (Å²) in [5, 5.41) is 9.64. The van der Waals surface area contributed by atoms with Gasteiger partial charge in [0.05, 0.1) is 6.61 Å². The molecular weight excluding hydrogens is 268 g/mol. The fourth-order valence-corrected chi connectivity index (χ4v) is 2.00. The van der Waals surface area contributed by atoms with Gasteiger partial charge in [0, 0.05) is 5.02 Å². The highest BCUT2D eigenvalue weighted by molar-refractivity contribution is 6.30. The third kappa shape index (κ3) is 5.30. The monoisotopic (exact) mass is 284 g/mol. The average molecular weight is 285 g/mol. The number of esters is 1. The lowest BCUT2D eigenvalue weighted by atomic mass is 10.00. The van der Waals surface area contributed by atoms with E-state index in [2.05, 4.69) is 0 Å². The van der Waals surface area contributed by atoms with E-state index in [1.807, 2.05) is 18.2 Å². The number of carbonyl (C=O) groups excluding carboxylic acids is 1. The minimum Gasteiger partial charge on any atom is -0.481 e. The van der Waals surface area contributed by atoms with Crippen LogP contribution in [0.1, 0.15) is 25.3 Å². The van der Waals surface area contributed by atoms with E-state index in [1.54, 1.807) is 13.0 Å². The van der Waals surface area contributed by atoms with Crippen molar-refractivity contribution in [3.8, 4) is 0 Å². The summed E-state index contributed by atoms with van der Waals surface area (Å²) in [5.41, 5.74) is 1.03. The van der Waals surface area contributed by atoms with E-state index in [0.717, 1.165) is 5.56 Å². The minimum absolute atomic E-state index is 0.191. The summed E-state index contributed by atoms with van der Waals surface area (Å²) in [6, 6.07) is 7.38. The molecule has 4 nitrogen and oxygen atoms in total. The summed E-state index contributed by atoms with van der Waals surface area (Å²) in [6.45, 7) is 1.85. The zero-order valence-electron chi connectivity index (χ0n) is 10.8. The molecule has 1 rings (SSSR count). The van der Waals surface area contributed by atoms with E-state index < -0.39 is 17.9 Å². The Balaban J connectivity index is 2.49. The number of benzene rings is 1. The molecular formula is C14H17ClO4. The van der Waals surface area contributed by atoms with Gasteiger partial charge in [0.25, 0.3) is 0 Å². The van der Waals surface area contributed by atoms with Crippen molar-refractivity contribution in [1.29, 1.82) is 0 Å². The summed E-state index contributed by atoms with van der Waals surface area (Å²) >= 11 is 5.86. The Morgan fingerprint density at radius 3 is 2.74 bits per heavy atom. The fourth-order valence-electron chi connectivity index (χ4n) is 1.79. The van der Waals surface area contributed by atoms with Crippen LogP contribution in [0.5, 0.6) is 0 Å². The Bertz CT molecular complexity index is 445. The molecule has 1 atom stereocenters. The predicted octanol–water partition coefficient (Wildman–Crippen LogP) is 2.93. The van der Waals surface area contributed by atoms with E-state index in [1.165, 1.54) is 0 Å². The Kier molecular flexibility index (Phi) is 6.36. The molecule has 1 N–H and O–H groups in total. The van der Waals surface area contributed by atoms with Gasteiger partial charge in [-0.15, -0.1) is 0 Å². The first-order valence-corrected chi connectivity index (χ1v) is 6.56. The number of aryl methyl sites for hydroxylation is 1. The second-order valence-corrected chi connectivity index (χ2v) is 4.60. The third-order valence-corrected chi connectivity index (χ3v) is 2.95. The highest BCUT2D eigenvalue weighted by Gasteiger charge is 2.26. The van der Waals surface area contributed by atoms with Crippen LogP contribution in [-0.4, -0.2) is 23.7 Å². The normalized spacial score (nSPS) is 11.9. The smallest absolute Gasteiger partial charge is 0.320 e. The van der Waals surface area contributed by atoms with Crippen molar-refractivity contribution < 1.29 is 19.4 Å². The quantitative estimate of drug-likeness (QED) is 0.618. The average Bonchev–Trinajstić information content (AvgIpc) is 2.34. The topological polar surface area (TPSA) is 63.6 Å². The molecule has 5 heteroatoms. The van der Waals surface area contributed by atoms with E-state index >= 15 is 0 Å². The molecule has 0 aliphatic heterocycles. The molecule has 1 aromatic carbocycles. The van der Waals surface area contributed by atoms with Crippen molar-refractivity contribution in [2.75, 3.05) is 6.61 Å². The number of hydrogen-bond donors (Lipinski definition) is 1. The molecule has 0 aliphatic carbocycles. The van der Waals surface area contributed by atoms with Crippen molar-refractivity contribution in [3.63, 3.8) is 0 Å². The summed E-state index contributed by atoms with van der Waals surface area (Å²) in [5.74, 6) is -2.88. The van der Waals surface area contributed by atoms with Crippen LogP contribution in [0.15, 0.2) is 24.3 Å². The Morgan fingerprint density at radius 2 is 2.16 bits per heavy atom. The van der Waals surface area contributed by atoms with Gasteiger partial charge in [-0.05, 0) is 43.9 Å². The lowest BCUT2D eigenvalue weighted by molar-refractivity contribution is -0.158. The van der Waals surface area contributed by atoms with Gasteiger partial charge in [0.2, 0.25) is 0 Å². The maximum absolute atomic E-state index is 11.5. The zero-order valence-corrected chi connectivity index (χ0v) is 11.5. The largest absolute Gasteiger partial charge is 0.481 e. The minimum atomic E-state index is -1.13. The molecule has 0 radical (unpaired) electrons. The summed E-state index contributed by atoms with van der Waals surface area (Å²) in [7, 11) is 0. The van der Waals surface area contributed by atoms with Crippen LogP contribution in [0.2, 0.25) is 5.02 Å². The fraction of sp³-hybridized carbons (Fsp3) is 0.429. The van der Waals surface area contributed by atoms with Crippen molar-refractivity contribution in [2.24, 2.45) is 5.92 Å². The van der Waals surface area contributed by atoms with Crippen LogP contribution in [0.4, 0.5) is 0 Å². The van der Waals surface area contributed by atoms with E-state index in [0.29, 0.717) is 17.9 Å². The van der Waals surface area contributed by atoms with E-state index in [9.17, 15) is 9.59 Å². The van der Waals surface area contributed by atoms with Gasteiger partial charge in [0.15, 0.2) is 5.92 Å². The molecule has 0 unspecified atom stereocenters. The first-order valence-electron chi connectivity index (χ1n) is 6.18. The standard InChI is InChI=1S/C14H17ClO4/c1-2-19-14(18)12(13(16)17)8-4-6-10-5-3-7-11(15)9-10/h3,5,7,9,12H,2,4,6,8H2,1H3,(H,16,17)/t12-/m1/s1. The van der Waals surface area contributed by atoms with Gasteiger partial charge in [0.1, 0.15) is 0 Å². The lowest BCUT2D eigenvalue weighted by Crippen LogP contribution is -2.26.